The van der Waals surface area contributed by atoms with Crippen molar-refractivity contribution < 1.29 is 9.47 Å². The molecular weight excluding hydrogens is 307 g/mol. The van der Waals surface area contributed by atoms with E-state index in [2.05, 4.69) is 32.8 Å². The SMILES string of the molecule is COc1ccc(I)cc1OCCC[Si]. The monoisotopic (exact) mass is 319 g/mol. The highest BCUT2D eigenvalue weighted by molar-refractivity contribution is 14.1. The molecule has 0 atom stereocenters. The molecule has 0 aliphatic carbocycles. The van der Waals surface area contributed by atoms with Gasteiger partial charge in [-0.05, 0) is 47.2 Å². The van der Waals surface area contributed by atoms with Gasteiger partial charge in [0, 0.05) is 13.8 Å². The van der Waals surface area contributed by atoms with Crippen LogP contribution in [-0.2, 0) is 0 Å². The molecule has 0 amide bonds. The van der Waals surface area contributed by atoms with Crippen molar-refractivity contribution in [2.24, 2.45) is 0 Å². The third-order valence-electron chi connectivity index (χ3n) is 1.70. The van der Waals surface area contributed by atoms with E-state index < -0.39 is 0 Å². The molecule has 1 rings (SSSR count). The topological polar surface area (TPSA) is 18.5 Å². The zero-order chi connectivity index (χ0) is 10.4. The van der Waals surface area contributed by atoms with Gasteiger partial charge in [0.25, 0.3) is 0 Å². The van der Waals surface area contributed by atoms with Gasteiger partial charge in [0.1, 0.15) is 0 Å². The molecule has 0 aliphatic rings. The molecule has 3 radical (unpaired) electrons. The van der Waals surface area contributed by atoms with Crippen LogP contribution in [0.4, 0.5) is 0 Å². The zero-order valence-electron chi connectivity index (χ0n) is 8.05. The number of benzene rings is 1. The molecule has 1 aromatic rings. The molecule has 0 fully saturated rings. The molecule has 0 heterocycles. The average molecular weight is 319 g/mol. The van der Waals surface area contributed by atoms with Crippen LogP contribution in [0.3, 0.4) is 0 Å². The van der Waals surface area contributed by atoms with E-state index in [1.54, 1.807) is 7.11 Å². The van der Waals surface area contributed by atoms with E-state index in [0.717, 1.165) is 27.5 Å². The Kier molecular flexibility index (Phi) is 5.32. The van der Waals surface area contributed by atoms with Crippen LogP contribution in [0.2, 0.25) is 6.04 Å². The van der Waals surface area contributed by atoms with Gasteiger partial charge in [-0.15, -0.1) is 0 Å². The van der Waals surface area contributed by atoms with E-state index in [4.69, 9.17) is 9.47 Å². The molecule has 0 unspecified atom stereocenters. The molecule has 0 aromatic heterocycles. The number of halogens is 1. The second kappa shape index (κ2) is 6.29. The first-order valence-corrected chi connectivity index (χ1v) is 6.17. The predicted molar refractivity (Wildman–Crippen MR) is 66.4 cm³/mol. The molecule has 0 saturated carbocycles. The summed E-state index contributed by atoms with van der Waals surface area (Å²) < 4.78 is 11.9. The van der Waals surface area contributed by atoms with E-state index in [9.17, 15) is 0 Å². The summed E-state index contributed by atoms with van der Waals surface area (Å²) >= 11 is 2.25. The van der Waals surface area contributed by atoms with Crippen LogP contribution in [0.5, 0.6) is 11.5 Å². The average Bonchev–Trinajstić information content (AvgIpc) is 2.19. The van der Waals surface area contributed by atoms with Crippen molar-refractivity contribution in [1.29, 1.82) is 0 Å². The Balaban J connectivity index is 2.67. The lowest BCUT2D eigenvalue weighted by Crippen LogP contribution is -1.99. The lowest BCUT2D eigenvalue weighted by Gasteiger charge is -2.10. The third kappa shape index (κ3) is 3.49. The Labute approximate surface area is 102 Å². The van der Waals surface area contributed by atoms with Crippen LogP contribution in [-0.4, -0.2) is 24.0 Å². The van der Waals surface area contributed by atoms with Crippen molar-refractivity contribution in [2.75, 3.05) is 13.7 Å². The largest absolute Gasteiger partial charge is 0.493 e. The summed E-state index contributed by atoms with van der Waals surface area (Å²) in [6.45, 7) is 0.708. The van der Waals surface area contributed by atoms with Crippen molar-refractivity contribution >= 4 is 32.8 Å². The fraction of sp³-hybridized carbons (Fsp3) is 0.400. The minimum Gasteiger partial charge on any atom is -0.493 e. The third-order valence-corrected chi connectivity index (χ3v) is 2.73. The molecule has 0 saturated heterocycles. The number of ether oxygens (including phenoxy) is 2. The fourth-order valence-corrected chi connectivity index (χ4v) is 1.62. The highest BCUT2D eigenvalue weighted by Gasteiger charge is 2.03. The van der Waals surface area contributed by atoms with Gasteiger partial charge in [-0.25, -0.2) is 0 Å². The quantitative estimate of drug-likeness (QED) is 0.472. The zero-order valence-corrected chi connectivity index (χ0v) is 11.2. The summed E-state index contributed by atoms with van der Waals surface area (Å²) in [5, 5.41) is 0. The number of hydrogen-bond donors (Lipinski definition) is 0. The maximum absolute atomic E-state index is 5.59. The van der Waals surface area contributed by atoms with Gasteiger partial charge in [0.2, 0.25) is 0 Å². The molecule has 2 nitrogen and oxygen atoms in total. The van der Waals surface area contributed by atoms with Gasteiger partial charge in [-0.1, -0.05) is 6.04 Å². The van der Waals surface area contributed by atoms with Crippen LogP contribution < -0.4 is 9.47 Å². The van der Waals surface area contributed by atoms with Crippen LogP contribution >= 0.6 is 22.6 Å². The fourth-order valence-electron chi connectivity index (χ4n) is 1.02. The number of methoxy groups -OCH3 is 1. The molecule has 0 bridgehead atoms. The van der Waals surface area contributed by atoms with E-state index in [1.165, 1.54) is 0 Å². The first kappa shape index (κ1) is 11.8. The normalized spacial score (nSPS) is 9.93. The van der Waals surface area contributed by atoms with Gasteiger partial charge in [0.15, 0.2) is 11.5 Å². The molecule has 14 heavy (non-hydrogen) atoms. The number of rotatable bonds is 5. The van der Waals surface area contributed by atoms with Gasteiger partial charge >= 0.3 is 0 Å². The van der Waals surface area contributed by atoms with Crippen molar-refractivity contribution in [3.63, 3.8) is 0 Å². The Morgan fingerprint density at radius 3 is 2.79 bits per heavy atom. The Hall–Kier alpha value is -0.233. The van der Waals surface area contributed by atoms with E-state index in [-0.39, 0.29) is 0 Å². The molecule has 75 valence electrons. The van der Waals surface area contributed by atoms with Gasteiger partial charge in [-0.3, -0.25) is 0 Å². The molecule has 0 spiro atoms. The smallest absolute Gasteiger partial charge is 0.162 e. The van der Waals surface area contributed by atoms with E-state index in [0.29, 0.717) is 6.61 Å². The van der Waals surface area contributed by atoms with Crippen molar-refractivity contribution in [3.8, 4) is 11.5 Å². The lowest BCUT2D eigenvalue weighted by molar-refractivity contribution is 0.294. The summed E-state index contributed by atoms with van der Waals surface area (Å²) in [6, 6.07) is 6.85. The number of hydrogen-bond acceptors (Lipinski definition) is 2. The van der Waals surface area contributed by atoms with Gasteiger partial charge < -0.3 is 9.47 Å². The minimum atomic E-state index is 0.708. The second-order valence-corrected chi connectivity index (χ2v) is 4.49. The van der Waals surface area contributed by atoms with Crippen LogP contribution in [0.25, 0.3) is 0 Å². The molecule has 0 aliphatic heterocycles. The molecule has 4 heteroatoms. The Bertz CT molecular complexity index is 291. The lowest BCUT2D eigenvalue weighted by atomic mass is 10.3. The summed E-state index contributed by atoms with van der Waals surface area (Å²) in [5.41, 5.74) is 0. The summed E-state index contributed by atoms with van der Waals surface area (Å²) in [6.07, 6.45) is 0.992. The second-order valence-electron chi connectivity index (χ2n) is 2.75. The van der Waals surface area contributed by atoms with Crippen molar-refractivity contribution in [3.05, 3.63) is 21.8 Å². The van der Waals surface area contributed by atoms with Crippen molar-refractivity contribution in [1.82, 2.24) is 0 Å². The van der Waals surface area contributed by atoms with Crippen LogP contribution in [0, 0.1) is 3.57 Å². The Morgan fingerprint density at radius 2 is 2.14 bits per heavy atom. The first-order valence-electron chi connectivity index (χ1n) is 4.39. The van der Waals surface area contributed by atoms with Gasteiger partial charge in [-0.2, -0.15) is 0 Å². The van der Waals surface area contributed by atoms with E-state index in [1.807, 2.05) is 18.2 Å². The standard InChI is InChI=1S/C10H12IO2Si/c1-12-9-4-3-8(11)7-10(9)13-5-2-6-14/h3-4,7H,2,5-6H2,1H3. The summed E-state index contributed by atoms with van der Waals surface area (Å²) in [4.78, 5) is 0. The highest BCUT2D eigenvalue weighted by atomic mass is 127. The van der Waals surface area contributed by atoms with E-state index >= 15 is 0 Å². The van der Waals surface area contributed by atoms with Crippen LogP contribution in [0.15, 0.2) is 18.2 Å². The maximum Gasteiger partial charge on any atom is 0.162 e. The summed E-state index contributed by atoms with van der Waals surface area (Å²) in [7, 11) is 5.06. The Morgan fingerprint density at radius 1 is 1.36 bits per heavy atom. The predicted octanol–water partition coefficient (Wildman–Crippen LogP) is 2.66. The molecule has 0 N–H and O–H groups in total. The minimum absolute atomic E-state index is 0.708. The highest BCUT2D eigenvalue weighted by Crippen LogP contribution is 2.28. The van der Waals surface area contributed by atoms with Gasteiger partial charge in [0.05, 0.1) is 13.7 Å². The molecule has 1 aromatic carbocycles. The maximum atomic E-state index is 5.59. The first-order chi connectivity index (χ1) is 6.77. The molecular formula is C10H12IO2Si. The van der Waals surface area contributed by atoms with Crippen molar-refractivity contribution in [2.45, 2.75) is 12.5 Å². The van der Waals surface area contributed by atoms with Crippen LogP contribution in [0.1, 0.15) is 6.42 Å². The summed E-state index contributed by atoms with van der Waals surface area (Å²) in [5.74, 6) is 1.61.